The fraction of sp³-hybridized carbons (Fsp3) is 0.261. The Morgan fingerprint density at radius 1 is 1.16 bits per heavy atom. The number of nitrogens with zero attached hydrogens (tertiary/aromatic N) is 3. The molecule has 162 valence electrons. The number of hydrogen-bond donors (Lipinski definition) is 1. The van der Waals surface area contributed by atoms with E-state index in [2.05, 4.69) is 22.1 Å². The average Bonchev–Trinajstić information content (AvgIpc) is 3.19. The zero-order valence-corrected chi connectivity index (χ0v) is 18.5. The lowest BCUT2D eigenvalue weighted by atomic mass is 10.1. The monoisotopic (exact) mass is 438 g/mol. The zero-order valence-electron chi connectivity index (χ0n) is 17.7. The molecule has 1 N–H and O–H groups in total. The highest BCUT2D eigenvalue weighted by atomic mass is 32.2. The first-order valence-corrected chi connectivity index (χ1v) is 10.9. The summed E-state index contributed by atoms with van der Waals surface area (Å²) in [7, 11) is 1.62. The number of methoxy groups -OCH3 is 1. The number of allylic oxidation sites excluding steroid dienone is 1. The van der Waals surface area contributed by atoms with E-state index in [9.17, 15) is 4.79 Å². The molecule has 0 aliphatic rings. The van der Waals surface area contributed by atoms with Crippen molar-refractivity contribution in [3.8, 4) is 11.5 Å². The van der Waals surface area contributed by atoms with Gasteiger partial charge in [-0.15, -0.1) is 16.8 Å². The van der Waals surface area contributed by atoms with E-state index in [1.165, 1.54) is 11.8 Å². The lowest BCUT2D eigenvalue weighted by molar-refractivity contribution is -0.119. The molecule has 3 rings (SSSR count). The number of ether oxygens (including phenoxy) is 2. The molecule has 31 heavy (non-hydrogen) atoms. The van der Waals surface area contributed by atoms with Crippen LogP contribution in [0.1, 0.15) is 24.4 Å². The SMILES string of the molecule is C=CCn1c(COc2ccc(OC)cc2)nnc1SCC(=O)NC(C)c1ccccc1. The third kappa shape index (κ3) is 6.36. The number of carbonyl (C=O) groups is 1. The van der Waals surface area contributed by atoms with Crippen LogP contribution in [0.5, 0.6) is 11.5 Å². The standard InChI is InChI=1S/C23H26N4O3S/c1-4-14-27-21(15-30-20-12-10-19(29-3)11-13-20)25-26-23(27)31-16-22(28)24-17(2)18-8-6-5-7-9-18/h4-13,17H,1,14-16H2,2-3H3,(H,24,28). The first-order chi connectivity index (χ1) is 15.1. The number of aromatic nitrogens is 3. The van der Waals surface area contributed by atoms with Gasteiger partial charge in [0, 0.05) is 6.54 Å². The van der Waals surface area contributed by atoms with E-state index in [0.29, 0.717) is 23.3 Å². The third-order valence-electron chi connectivity index (χ3n) is 4.54. The van der Waals surface area contributed by atoms with Gasteiger partial charge in [-0.2, -0.15) is 0 Å². The number of hydrogen-bond acceptors (Lipinski definition) is 6. The van der Waals surface area contributed by atoms with Gasteiger partial charge in [0.15, 0.2) is 11.0 Å². The summed E-state index contributed by atoms with van der Waals surface area (Å²) in [6, 6.07) is 17.1. The van der Waals surface area contributed by atoms with Crippen molar-refractivity contribution in [2.24, 2.45) is 0 Å². The fourth-order valence-electron chi connectivity index (χ4n) is 2.90. The van der Waals surface area contributed by atoms with Gasteiger partial charge in [0.25, 0.3) is 0 Å². The van der Waals surface area contributed by atoms with E-state index in [4.69, 9.17) is 9.47 Å². The lowest BCUT2D eigenvalue weighted by Gasteiger charge is -2.14. The van der Waals surface area contributed by atoms with Crippen LogP contribution < -0.4 is 14.8 Å². The minimum absolute atomic E-state index is 0.0613. The predicted molar refractivity (Wildman–Crippen MR) is 121 cm³/mol. The van der Waals surface area contributed by atoms with Crippen molar-refractivity contribution < 1.29 is 14.3 Å². The van der Waals surface area contributed by atoms with E-state index in [0.717, 1.165) is 11.3 Å². The number of thioether (sulfide) groups is 1. The van der Waals surface area contributed by atoms with Crippen molar-refractivity contribution in [2.75, 3.05) is 12.9 Å². The van der Waals surface area contributed by atoms with E-state index in [-0.39, 0.29) is 24.3 Å². The average molecular weight is 439 g/mol. The Morgan fingerprint density at radius 3 is 2.55 bits per heavy atom. The maximum atomic E-state index is 12.4. The summed E-state index contributed by atoms with van der Waals surface area (Å²) < 4.78 is 12.9. The second kappa shape index (κ2) is 11.2. The fourth-order valence-corrected chi connectivity index (χ4v) is 3.68. The molecule has 0 spiro atoms. The quantitative estimate of drug-likeness (QED) is 0.360. The number of benzene rings is 2. The molecule has 7 nitrogen and oxygen atoms in total. The van der Waals surface area contributed by atoms with Crippen LogP contribution in [0.2, 0.25) is 0 Å². The molecule has 0 saturated carbocycles. The summed E-state index contributed by atoms with van der Waals surface area (Å²) in [5.41, 5.74) is 1.06. The maximum Gasteiger partial charge on any atom is 0.230 e. The van der Waals surface area contributed by atoms with Crippen molar-refractivity contribution in [3.63, 3.8) is 0 Å². The summed E-state index contributed by atoms with van der Waals surface area (Å²) in [4.78, 5) is 12.4. The molecule has 8 heteroatoms. The van der Waals surface area contributed by atoms with Crippen LogP contribution in [-0.2, 0) is 17.9 Å². The van der Waals surface area contributed by atoms with Gasteiger partial charge in [-0.05, 0) is 36.8 Å². The Labute approximate surface area is 186 Å². The molecule has 0 aliphatic carbocycles. The molecule has 0 radical (unpaired) electrons. The first kappa shape index (κ1) is 22.4. The zero-order chi connectivity index (χ0) is 22.1. The Hall–Kier alpha value is -3.26. The minimum Gasteiger partial charge on any atom is -0.497 e. The van der Waals surface area contributed by atoms with Crippen molar-refractivity contribution in [3.05, 3.63) is 78.6 Å². The topological polar surface area (TPSA) is 78.3 Å². The van der Waals surface area contributed by atoms with E-state index < -0.39 is 0 Å². The second-order valence-corrected chi connectivity index (χ2v) is 7.69. The second-order valence-electron chi connectivity index (χ2n) is 6.75. The van der Waals surface area contributed by atoms with E-state index in [1.54, 1.807) is 13.2 Å². The summed E-state index contributed by atoms with van der Waals surface area (Å²) >= 11 is 1.34. The van der Waals surface area contributed by atoms with Gasteiger partial charge in [-0.1, -0.05) is 48.2 Å². The number of amides is 1. The molecule has 0 saturated heterocycles. The largest absolute Gasteiger partial charge is 0.497 e. The third-order valence-corrected chi connectivity index (χ3v) is 5.51. The Kier molecular flexibility index (Phi) is 8.12. The van der Waals surface area contributed by atoms with Crippen LogP contribution in [0.4, 0.5) is 0 Å². The smallest absolute Gasteiger partial charge is 0.230 e. The minimum atomic E-state index is -0.0643. The van der Waals surface area contributed by atoms with Crippen molar-refractivity contribution in [1.29, 1.82) is 0 Å². The number of nitrogens with one attached hydrogen (secondary N) is 1. The van der Waals surface area contributed by atoms with Gasteiger partial charge in [0.05, 0.1) is 18.9 Å². The van der Waals surface area contributed by atoms with Crippen LogP contribution in [-0.4, -0.2) is 33.5 Å². The maximum absolute atomic E-state index is 12.4. The molecular weight excluding hydrogens is 412 g/mol. The summed E-state index contributed by atoms with van der Waals surface area (Å²) in [5, 5.41) is 12.1. The Bertz CT molecular complexity index is 990. The van der Waals surface area contributed by atoms with Crippen LogP contribution >= 0.6 is 11.8 Å². The highest BCUT2D eigenvalue weighted by Crippen LogP contribution is 2.21. The predicted octanol–water partition coefficient (Wildman–Crippen LogP) is 4.02. The molecule has 3 aromatic rings. The molecular formula is C23H26N4O3S. The number of carbonyl (C=O) groups excluding carboxylic acids is 1. The lowest BCUT2D eigenvalue weighted by Crippen LogP contribution is -2.28. The van der Waals surface area contributed by atoms with Gasteiger partial charge < -0.3 is 14.8 Å². The van der Waals surface area contributed by atoms with Crippen molar-refractivity contribution in [1.82, 2.24) is 20.1 Å². The molecule has 1 amide bonds. The highest BCUT2D eigenvalue weighted by Gasteiger charge is 2.15. The van der Waals surface area contributed by atoms with Crippen LogP contribution in [0, 0.1) is 0 Å². The van der Waals surface area contributed by atoms with Gasteiger partial charge in [0.2, 0.25) is 5.91 Å². The number of rotatable bonds is 11. The highest BCUT2D eigenvalue weighted by molar-refractivity contribution is 7.99. The van der Waals surface area contributed by atoms with Gasteiger partial charge in [0.1, 0.15) is 18.1 Å². The van der Waals surface area contributed by atoms with Gasteiger partial charge in [-0.3, -0.25) is 9.36 Å². The van der Waals surface area contributed by atoms with Gasteiger partial charge in [-0.25, -0.2) is 0 Å². The van der Waals surface area contributed by atoms with Crippen molar-refractivity contribution >= 4 is 17.7 Å². The molecule has 1 heterocycles. The molecule has 0 bridgehead atoms. The summed E-state index contributed by atoms with van der Waals surface area (Å²) in [5.74, 6) is 2.31. The Balaban J connectivity index is 1.57. The molecule has 1 atom stereocenters. The van der Waals surface area contributed by atoms with E-state index in [1.807, 2.05) is 66.1 Å². The molecule has 2 aromatic carbocycles. The molecule has 1 aromatic heterocycles. The summed E-state index contributed by atoms with van der Waals surface area (Å²) in [6.45, 7) is 6.55. The molecule has 1 unspecified atom stereocenters. The molecule has 0 fully saturated rings. The first-order valence-electron chi connectivity index (χ1n) is 9.87. The van der Waals surface area contributed by atoms with Crippen molar-refractivity contribution in [2.45, 2.75) is 31.3 Å². The van der Waals surface area contributed by atoms with Crippen LogP contribution in [0.3, 0.4) is 0 Å². The van der Waals surface area contributed by atoms with Crippen LogP contribution in [0.15, 0.2) is 72.4 Å². The van der Waals surface area contributed by atoms with Gasteiger partial charge >= 0.3 is 0 Å². The Morgan fingerprint density at radius 2 is 1.87 bits per heavy atom. The normalized spacial score (nSPS) is 11.5. The summed E-state index contributed by atoms with van der Waals surface area (Å²) in [6.07, 6.45) is 1.77. The van der Waals surface area contributed by atoms with E-state index >= 15 is 0 Å². The molecule has 0 aliphatic heterocycles. The van der Waals surface area contributed by atoms with Crippen LogP contribution in [0.25, 0.3) is 0 Å².